The van der Waals surface area contributed by atoms with Gasteiger partial charge in [-0.25, -0.2) is 4.79 Å². The number of allylic oxidation sites excluding steroid dienone is 1. The van der Waals surface area contributed by atoms with E-state index in [9.17, 15) is 9.90 Å². The molecule has 0 amide bonds. The third kappa shape index (κ3) is 5.32. The minimum atomic E-state index is -0.291. The van der Waals surface area contributed by atoms with Crippen LogP contribution in [0.15, 0.2) is 61.2 Å². The Balaban J connectivity index is 0.000000224. The first-order valence-electron chi connectivity index (χ1n) is 6.72. The smallest absolute Gasteiger partial charge is 0.337 e. The van der Waals surface area contributed by atoms with Gasteiger partial charge in [0.25, 0.3) is 0 Å². The van der Waals surface area contributed by atoms with Gasteiger partial charge >= 0.3 is 5.97 Å². The highest BCUT2D eigenvalue weighted by atomic mass is 16.5. The number of benzene rings is 2. The Kier molecular flexibility index (Phi) is 7.26. The van der Waals surface area contributed by atoms with E-state index in [1.807, 2.05) is 18.2 Å². The van der Waals surface area contributed by atoms with Crippen LogP contribution in [-0.2, 0) is 11.2 Å². The van der Waals surface area contributed by atoms with E-state index in [-0.39, 0.29) is 11.7 Å². The van der Waals surface area contributed by atoms with E-state index in [0.717, 1.165) is 12.0 Å². The van der Waals surface area contributed by atoms with Crippen molar-refractivity contribution < 1.29 is 19.4 Å². The summed E-state index contributed by atoms with van der Waals surface area (Å²) in [5.41, 5.74) is 1.67. The second-order valence-corrected chi connectivity index (χ2v) is 4.36. The minimum absolute atomic E-state index is 0.172. The molecule has 4 heteroatoms. The molecule has 22 heavy (non-hydrogen) atoms. The van der Waals surface area contributed by atoms with E-state index in [2.05, 4.69) is 11.3 Å². The molecule has 2 aromatic rings. The van der Waals surface area contributed by atoms with Crippen LogP contribution in [0.25, 0.3) is 0 Å². The van der Waals surface area contributed by atoms with E-state index in [4.69, 9.17) is 4.74 Å². The van der Waals surface area contributed by atoms with E-state index >= 15 is 0 Å². The van der Waals surface area contributed by atoms with Gasteiger partial charge in [0.2, 0.25) is 0 Å². The maximum absolute atomic E-state index is 10.8. The molecule has 0 aliphatic heterocycles. The fourth-order valence-corrected chi connectivity index (χ4v) is 1.71. The third-order valence-corrected chi connectivity index (χ3v) is 2.82. The van der Waals surface area contributed by atoms with Gasteiger partial charge in [0.15, 0.2) is 11.5 Å². The van der Waals surface area contributed by atoms with Crippen LogP contribution in [0.3, 0.4) is 0 Å². The first-order valence-corrected chi connectivity index (χ1v) is 6.72. The van der Waals surface area contributed by atoms with Gasteiger partial charge in [-0.15, -0.1) is 6.58 Å². The van der Waals surface area contributed by atoms with Crippen molar-refractivity contribution in [2.75, 3.05) is 14.2 Å². The molecular formula is C18H20O4. The topological polar surface area (TPSA) is 55.8 Å². The molecule has 0 heterocycles. The van der Waals surface area contributed by atoms with E-state index < -0.39 is 0 Å². The SMILES string of the molecule is C=CCc1ccc(O)c(OC)c1.COC(=O)c1ccccc1. The van der Waals surface area contributed by atoms with Gasteiger partial charge in [0, 0.05) is 0 Å². The van der Waals surface area contributed by atoms with E-state index in [1.165, 1.54) is 14.2 Å². The Morgan fingerprint density at radius 2 is 1.86 bits per heavy atom. The number of phenols is 1. The molecule has 1 N–H and O–H groups in total. The average Bonchev–Trinajstić information content (AvgIpc) is 2.57. The molecule has 4 nitrogen and oxygen atoms in total. The highest BCUT2D eigenvalue weighted by molar-refractivity contribution is 5.89. The number of esters is 1. The van der Waals surface area contributed by atoms with Crippen LogP contribution in [-0.4, -0.2) is 25.3 Å². The van der Waals surface area contributed by atoms with Crippen molar-refractivity contribution in [3.8, 4) is 11.5 Å². The summed E-state index contributed by atoms with van der Waals surface area (Å²) in [6.45, 7) is 3.63. The normalized spacial score (nSPS) is 9.18. The molecule has 2 rings (SSSR count). The summed E-state index contributed by atoms with van der Waals surface area (Å²) >= 11 is 0. The van der Waals surface area contributed by atoms with Gasteiger partial charge in [0.05, 0.1) is 19.8 Å². The molecule has 0 radical (unpaired) electrons. The maximum atomic E-state index is 10.8. The van der Waals surface area contributed by atoms with Gasteiger partial charge in [-0.3, -0.25) is 0 Å². The van der Waals surface area contributed by atoms with Gasteiger partial charge in [-0.1, -0.05) is 30.3 Å². The summed E-state index contributed by atoms with van der Waals surface area (Å²) in [4.78, 5) is 10.8. The zero-order valence-corrected chi connectivity index (χ0v) is 12.8. The monoisotopic (exact) mass is 300 g/mol. The first-order chi connectivity index (χ1) is 10.6. The fraction of sp³-hybridized carbons (Fsp3) is 0.167. The molecule has 0 saturated heterocycles. The Labute approximate surface area is 130 Å². The predicted octanol–water partition coefficient (Wildman–Crippen LogP) is 3.60. The number of hydrogen-bond donors (Lipinski definition) is 1. The van der Waals surface area contributed by atoms with Crippen molar-refractivity contribution in [3.05, 3.63) is 72.3 Å². The predicted molar refractivity (Wildman–Crippen MR) is 86.3 cm³/mol. The van der Waals surface area contributed by atoms with Crippen molar-refractivity contribution in [1.29, 1.82) is 0 Å². The summed E-state index contributed by atoms with van der Waals surface area (Å²) in [5, 5.41) is 9.25. The number of rotatable bonds is 4. The number of hydrogen-bond acceptors (Lipinski definition) is 4. The molecule has 0 spiro atoms. The summed E-state index contributed by atoms with van der Waals surface area (Å²) < 4.78 is 9.44. The van der Waals surface area contributed by atoms with Crippen molar-refractivity contribution in [3.63, 3.8) is 0 Å². The average molecular weight is 300 g/mol. The molecule has 2 aromatic carbocycles. The van der Waals surface area contributed by atoms with E-state index in [0.29, 0.717) is 11.3 Å². The molecule has 0 aromatic heterocycles. The largest absolute Gasteiger partial charge is 0.504 e. The Morgan fingerprint density at radius 3 is 2.41 bits per heavy atom. The Bertz CT molecular complexity index is 606. The summed E-state index contributed by atoms with van der Waals surface area (Å²) in [7, 11) is 2.90. The number of methoxy groups -OCH3 is 2. The molecule has 0 aliphatic rings. The lowest BCUT2D eigenvalue weighted by Crippen LogP contribution is -1.99. The van der Waals surface area contributed by atoms with Crippen molar-refractivity contribution in [2.24, 2.45) is 0 Å². The lowest BCUT2D eigenvalue weighted by molar-refractivity contribution is 0.0600. The van der Waals surface area contributed by atoms with Crippen LogP contribution >= 0.6 is 0 Å². The first kappa shape index (κ1) is 17.3. The highest BCUT2D eigenvalue weighted by Crippen LogP contribution is 2.26. The zero-order chi connectivity index (χ0) is 16.4. The van der Waals surface area contributed by atoms with Gasteiger partial charge in [0.1, 0.15) is 0 Å². The lowest BCUT2D eigenvalue weighted by Gasteiger charge is -2.04. The second-order valence-electron chi connectivity index (χ2n) is 4.36. The number of aromatic hydroxyl groups is 1. The standard InChI is InChI=1S/C10H12O2.C8H8O2/c1-3-4-8-5-6-9(11)10(7-8)12-2;1-10-8(9)7-5-3-2-4-6-7/h3,5-7,11H,1,4H2,2H3;2-6H,1H3. The summed E-state index contributed by atoms with van der Waals surface area (Å²) in [6, 6.07) is 14.1. The van der Waals surface area contributed by atoms with Crippen LogP contribution in [0.5, 0.6) is 11.5 Å². The Morgan fingerprint density at radius 1 is 1.18 bits per heavy atom. The molecular weight excluding hydrogens is 280 g/mol. The fourth-order valence-electron chi connectivity index (χ4n) is 1.71. The number of phenolic OH excluding ortho intramolecular Hbond substituents is 1. The molecule has 0 fully saturated rings. The van der Waals surface area contributed by atoms with Gasteiger partial charge in [-0.2, -0.15) is 0 Å². The second kappa shape index (κ2) is 9.23. The van der Waals surface area contributed by atoms with Crippen LogP contribution in [0, 0.1) is 0 Å². The van der Waals surface area contributed by atoms with Crippen LogP contribution in [0.1, 0.15) is 15.9 Å². The highest BCUT2D eigenvalue weighted by Gasteiger charge is 2.01. The minimum Gasteiger partial charge on any atom is -0.504 e. The molecule has 0 saturated carbocycles. The quantitative estimate of drug-likeness (QED) is 0.692. The zero-order valence-electron chi connectivity index (χ0n) is 12.8. The molecule has 0 atom stereocenters. The number of carbonyl (C=O) groups is 1. The molecule has 0 unspecified atom stereocenters. The molecule has 0 aliphatic carbocycles. The number of ether oxygens (including phenoxy) is 2. The van der Waals surface area contributed by atoms with Crippen molar-refractivity contribution >= 4 is 5.97 Å². The van der Waals surface area contributed by atoms with Crippen molar-refractivity contribution in [2.45, 2.75) is 6.42 Å². The third-order valence-electron chi connectivity index (χ3n) is 2.82. The lowest BCUT2D eigenvalue weighted by atomic mass is 10.1. The van der Waals surface area contributed by atoms with Crippen molar-refractivity contribution in [1.82, 2.24) is 0 Å². The maximum Gasteiger partial charge on any atom is 0.337 e. The van der Waals surface area contributed by atoms with Crippen LogP contribution in [0.4, 0.5) is 0 Å². The van der Waals surface area contributed by atoms with Crippen LogP contribution in [0.2, 0.25) is 0 Å². The van der Waals surface area contributed by atoms with E-state index in [1.54, 1.807) is 36.4 Å². The Hall–Kier alpha value is -2.75. The summed E-state index contributed by atoms with van der Waals surface area (Å²) in [5.74, 6) is 0.389. The summed E-state index contributed by atoms with van der Waals surface area (Å²) in [6.07, 6.45) is 2.60. The van der Waals surface area contributed by atoms with Gasteiger partial charge < -0.3 is 14.6 Å². The molecule has 116 valence electrons. The number of carbonyl (C=O) groups excluding carboxylic acids is 1. The van der Waals surface area contributed by atoms with Crippen LogP contribution < -0.4 is 4.74 Å². The van der Waals surface area contributed by atoms with Gasteiger partial charge in [-0.05, 0) is 36.2 Å². The molecule has 0 bridgehead atoms.